The lowest BCUT2D eigenvalue weighted by atomic mass is 10.0. The van der Waals surface area contributed by atoms with E-state index in [1.165, 1.54) is 0 Å². The number of nitrogens with one attached hydrogen (secondary N) is 1. The van der Waals surface area contributed by atoms with Crippen molar-refractivity contribution in [2.45, 2.75) is 46.3 Å². The topological polar surface area (TPSA) is 85.4 Å². The Hall–Kier alpha value is -1.47. The van der Waals surface area contributed by atoms with E-state index in [0.29, 0.717) is 26.2 Å². The summed E-state index contributed by atoms with van der Waals surface area (Å²) in [5.41, 5.74) is 0. The third kappa shape index (κ3) is 4.27. The maximum absolute atomic E-state index is 12.5. The predicted molar refractivity (Wildman–Crippen MR) is 83.1 cm³/mol. The Morgan fingerprint density at radius 3 is 2.68 bits per heavy atom. The van der Waals surface area contributed by atoms with Crippen LogP contribution in [0.3, 0.4) is 0 Å². The summed E-state index contributed by atoms with van der Waals surface area (Å²) in [7, 11) is 0. The summed E-state index contributed by atoms with van der Waals surface area (Å²) in [6, 6.07) is 0. The van der Waals surface area contributed by atoms with Crippen molar-refractivity contribution in [2.75, 3.05) is 26.2 Å². The smallest absolute Gasteiger partial charge is 0.225 e. The lowest BCUT2D eigenvalue weighted by Crippen LogP contribution is -2.41. The summed E-state index contributed by atoms with van der Waals surface area (Å²) in [5, 5.41) is 17.2. The second-order valence-electron chi connectivity index (χ2n) is 6.02. The molecule has 1 saturated heterocycles. The fraction of sp³-hybridized carbons (Fsp3) is 0.800. The molecule has 0 spiro atoms. The van der Waals surface area contributed by atoms with E-state index in [4.69, 9.17) is 0 Å². The zero-order valence-electron chi connectivity index (χ0n) is 13.7. The van der Waals surface area contributed by atoms with Crippen molar-refractivity contribution in [3.8, 4) is 0 Å². The molecule has 0 bridgehead atoms. The Bertz CT molecular complexity index is 486. The van der Waals surface area contributed by atoms with Crippen LogP contribution >= 0.6 is 0 Å². The van der Waals surface area contributed by atoms with Gasteiger partial charge in [-0.25, -0.2) is 4.98 Å². The molecule has 1 aliphatic rings. The fourth-order valence-corrected chi connectivity index (χ4v) is 2.95. The van der Waals surface area contributed by atoms with Crippen molar-refractivity contribution in [3.63, 3.8) is 0 Å². The van der Waals surface area contributed by atoms with Crippen molar-refractivity contribution in [3.05, 3.63) is 11.6 Å². The lowest BCUT2D eigenvalue weighted by molar-refractivity contribution is -0.136. The summed E-state index contributed by atoms with van der Waals surface area (Å²) < 4.78 is 0. The number of aromatic amines is 1. The molecule has 1 aliphatic heterocycles. The van der Waals surface area contributed by atoms with Crippen LogP contribution < -0.4 is 0 Å². The number of carbonyl (C=O) groups excluding carboxylic acids is 1. The maximum Gasteiger partial charge on any atom is 0.225 e. The summed E-state index contributed by atoms with van der Waals surface area (Å²) in [4.78, 5) is 20.7. The van der Waals surface area contributed by atoms with Crippen LogP contribution in [-0.4, -0.2) is 68.3 Å². The van der Waals surface area contributed by atoms with E-state index in [1.807, 2.05) is 25.7 Å². The molecule has 22 heavy (non-hydrogen) atoms. The molecule has 2 N–H and O–H groups in total. The average molecular weight is 309 g/mol. The van der Waals surface area contributed by atoms with Gasteiger partial charge in [0.05, 0.1) is 12.6 Å². The minimum Gasteiger partial charge on any atom is -0.390 e. The number of carbonyl (C=O) groups is 1. The molecule has 1 aromatic rings. The molecule has 1 unspecified atom stereocenters. The van der Waals surface area contributed by atoms with Crippen molar-refractivity contribution in [1.29, 1.82) is 0 Å². The molecular formula is C15H27N5O2. The molecule has 1 fully saturated rings. The highest BCUT2D eigenvalue weighted by molar-refractivity contribution is 5.78. The van der Waals surface area contributed by atoms with Crippen LogP contribution in [0.25, 0.3) is 0 Å². The quantitative estimate of drug-likeness (QED) is 0.830. The van der Waals surface area contributed by atoms with E-state index in [1.54, 1.807) is 0 Å². The van der Waals surface area contributed by atoms with E-state index >= 15 is 0 Å². The Balaban J connectivity index is 1.96. The van der Waals surface area contributed by atoms with Gasteiger partial charge in [-0.2, -0.15) is 5.10 Å². The van der Waals surface area contributed by atoms with Crippen molar-refractivity contribution >= 4 is 5.91 Å². The normalized spacial score (nSPS) is 20.4. The first kappa shape index (κ1) is 16.9. The third-order valence-corrected chi connectivity index (χ3v) is 4.24. The molecule has 2 rings (SSSR count). The molecule has 1 amide bonds. The van der Waals surface area contributed by atoms with Crippen LogP contribution in [0.15, 0.2) is 0 Å². The second kappa shape index (κ2) is 7.69. The molecule has 7 nitrogen and oxygen atoms in total. The number of aromatic nitrogens is 3. The molecule has 1 atom stereocenters. The Morgan fingerprint density at radius 1 is 1.36 bits per heavy atom. The van der Waals surface area contributed by atoms with Gasteiger partial charge in [-0.3, -0.25) is 14.8 Å². The van der Waals surface area contributed by atoms with Gasteiger partial charge < -0.3 is 10.0 Å². The number of rotatable bonds is 5. The minimum absolute atomic E-state index is 0.0643. The highest BCUT2D eigenvalue weighted by atomic mass is 16.3. The van der Waals surface area contributed by atoms with E-state index in [2.05, 4.69) is 20.1 Å². The molecule has 0 saturated carbocycles. The molecule has 2 heterocycles. The van der Waals surface area contributed by atoms with Crippen molar-refractivity contribution in [1.82, 2.24) is 25.0 Å². The first-order valence-corrected chi connectivity index (χ1v) is 8.10. The number of hydrogen-bond donors (Lipinski definition) is 2. The second-order valence-corrected chi connectivity index (χ2v) is 6.02. The van der Waals surface area contributed by atoms with Gasteiger partial charge in [0, 0.05) is 32.1 Å². The van der Waals surface area contributed by atoms with Crippen LogP contribution in [0.1, 0.15) is 38.3 Å². The third-order valence-electron chi connectivity index (χ3n) is 4.24. The van der Waals surface area contributed by atoms with Gasteiger partial charge in [0.2, 0.25) is 5.91 Å². The van der Waals surface area contributed by atoms with E-state index in [9.17, 15) is 9.90 Å². The van der Waals surface area contributed by atoms with Gasteiger partial charge >= 0.3 is 0 Å². The molecular weight excluding hydrogens is 282 g/mol. The molecule has 0 radical (unpaired) electrons. The number of aliphatic hydroxyl groups is 1. The number of H-pyrrole nitrogens is 1. The number of aliphatic hydroxyl groups excluding tert-OH is 1. The number of amides is 1. The fourth-order valence-electron chi connectivity index (χ4n) is 2.95. The van der Waals surface area contributed by atoms with Crippen LogP contribution in [0, 0.1) is 12.8 Å². The van der Waals surface area contributed by atoms with Crippen LogP contribution in [0.4, 0.5) is 0 Å². The molecule has 124 valence electrons. The van der Waals surface area contributed by atoms with Gasteiger partial charge in [0.25, 0.3) is 0 Å². The standard InChI is InChI=1S/C15H27N5O2/c1-4-12(5-2)15(22)20-7-6-19(8-13(21)9-20)10-14-16-11(3)17-18-14/h12-13,21H,4-10H2,1-3H3,(H,16,17,18). The monoisotopic (exact) mass is 309 g/mol. The van der Waals surface area contributed by atoms with Gasteiger partial charge in [-0.05, 0) is 19.8 Å². The minimum atomic E-state index is -0.527. The van der Waals surface area contributed by atoms with Crippen LogP contribution in [-0.2, 0) is 11.3 Å². The number of β-amino-alcohol motifs (C(OH)–C–C–N with tert-alkyl or cyclic N) is 1. The summed E-state index contributed by atoms with van der Waals surface area (Å²) in [5.74, 6) is 1.74. The number of nitrogens with zero attached hydrogens (tertiary/aromatic N) is 4. The molecule has 0 aliphatic carbocycles. The summed E-state index contributed by atoms with van der Waals surface area (Å²) in [6.45, 7) is 8.88. The summed E-state index contributed by atoms with van der Waals surface area (Å²) >= 11 is 0. The maximum atomic E-state index is 12.5. The highest BCUT2D eigenvalue weighted by Crippen LogP contribution is 2.15. The van der Waals surface area contributed by atoms with Crippen LogP contribution in [0.2, 0.25) is 0 Å². The molecule has 1 aromatic heterocycles. The van der Waals surface area contributed by atoms with Crippen molar-refractivity contribution < 1.29 is 9.90 Å². The van der Waals surface area contributed by atoms with Crippen LogP contribution in [0.5, 0.6) is 0 Å². The average Bonchev–Trinajstić information content (AvgIpc) is 2.79. The number of hydrogen-bond acceptors (Lipinski definition) is 5. The largest absolute Gasteiger partial charge is 0.390 e. The first-order chi connectivity index (χ1) is 10.5. The number of aryl methyl sites for hydroxylation is 1. The van der Waals surface area contributed by atoms with Gasteiger partial charge in [-0.15, -0.1) is 0 Å². The predicted octanol–water partition coefficient (Wildman–Crippen LogP) is 0.554. The van der Waals surface area contributed by atoms with E-state index < -0.39 is 6.10 Å². The Kier molecular flexibility index (Phi) is 5.90. The SMILES string of the molecule is CCC(CC)C(=O)N1CCN(Cc2n[nH]c(C)n2)CC(O)C1. The van der Waals surface area contributed by atoms with Gasteiger partial charge in [0.15, 0.2) is 5.82 Å². The van der Waals surface area contributed by atoms with Crippen molar-refractivity contribution in [2.24, 2.45) is 5.92 Å². The zero-order valence-corrected chi connectivity index (χ0v) is 13.7. The Morgan fingerprint density at radius 2 is 2.09 bits per heavy atom. The highest BCUT2D eigenvalue weighted by Gasteiger charge is 2.28. The van der Waals surface area contributed by atoms with Gasteiger partial charge in [-0.1, -0.05) is 13.8 Å². The molecule has 7 heteroatoms. The summed E-state index contributed by atoms with van der Waals surface area (Å²) in [6.07, 6.45) is 1.17. The molecule has 0 aromatic carbocycles. The lowest BCUT2D eigenvalue weighted by Gasteiger charge is -2.25. The van der Waals surface area contributed by atoms with E-state index in [-0.39, 0.29) is 11.8 Å². The van der Waals surface area contributed by atoms with Gasteiger partial charge in [0.1, 0.15) is 5.82 Å². The zero-order chi connectivity index (χ0) is 16.1. The Labute approximate surface area is 131 Å². The first-order valence-electron chi connectivity index (χ1n) is 8.10. The van der Waals surface area contributed by atoms with E-state index in [0.717, 1.165) is 31.0 Å².